The number of rotatable bonds is 2. The lowest BCUT2D eigenvalue weighted by Crippen LogP contribution is -2.12. The lowest BCUT2D eigenvalue weighted by atomic mass is 10.1. The van der Waals surface area contributed by atoms with E-state index in [1.54, 1.807) is 13.0 Å². The Labute approximate surface area is 75.8 Å². The summed E-state index contributed by atoms with van der Waals surface area (Å²) < 4.78 is 25.6. The molecule has 72 valence electrons. The molecule has 1 aromatic rings. The number of hydrogen-bond acceptors (Lipinski definition) is 2. The summed E-state index contributed by atoms with van der Waals surface area (Å²) in [7, 11) is 0. The predicted octanol–water partition coefficient (Wildman–Crippen LogP) is 2.21. The van der Waals surface area contributed by atoms with Gasteiger partial charge < -0.3 is 5.73 Å². The zero-order valence-corrected chi connectivity index (χ0v) is 7.59. The lowest BCUT2D eigenvalue weighted by Gasteiger charge is -2.12. The van der Waals surface area contributed by atoms with E-state index in [-0.39, 0.29) is 11.7 Å². The summed E-state index contributed by atoms with van der Waals surface area (Å²) in [6.07, 6.45) is 1.35. The number of aromatic nitrogens is 1. The first kappa shape index (κ1) is 10.1. The van der Waals surface area contributed by atoms with Crippen molar-refractivity contribution in [3.8, 4) is 0 Å². The molecule has 1 heterocycles. The van der Waals surface area contributed by atoms with E-state index in [4.69, 9.17) is 5.73 Å². The number of nitrogens with zero attached hydrogens (tertiary/aromatic N) is 1. The molecule has 2 nitrogen and oxygen atoms in total. The van der Waals surface area contributed by atoms with E-state index in [1.165, 1.54) is 12.3 Å². The van der Waals surface area contributed by atoms with Crippen molar-refractivity contribution in [1.82, 2.24) is 4.98 Å². The van der Waals surface area contributed by atoms with Crippen LogP contribution >= 0.6 is 0 Å². The summed E-state index contributed by atoms with van der Waals surface area (Å²) in [5.74, 6) is -2.90. The third-order valence-electron chi connectivity index (χ3n) is 1.76. The SMILES string of the molecule is CC(N)c1ccnc(C(C)(F)F)c1. The van der Waals surface area contributed by atoms with E-state index in [1.807, 2.05) is 0 Å². The highest BCUT2D eigenvalue weighted by Crippen LogP contribution is 2.26. The molecule has 1 rings (SSSR count). The van der Waals surface area contributed by atoms with Crippen LogP contribution in [0.25, 0.3) is 0 Å². The highest BCUT2D eigenvalue weighted by Gasteiger charge is 2.26. The van der Waals surface area contributed by atoms with Gasteiger partial charge in [0.2, 0.25) is 0 Å². The van der Waals surface area contributed by atoms with E-state index in [0.29, 0.717) is 5.56 Å². The maximum atomic E-state index is 12.8. The van der Waals surface area contributed by atoms with Gasteiger partial charge >= 0.3 is 0 Å². The molecule has 13 heavy (non-hydrogen) atoms. The van der Waals surface area contributed by atoms with Crippen LogP contribution in [0.3, 0.4) is 0 Å². The Kier molecular flexibility index (Phi) is 2.61. The van der Waals surface area contributed by atoms with Gasteiger partial charge in [-0.2, -0.15) is 8.78 Å². The number of alkyl halides is 2. The number of nitrogens with two attached hydrogens (primary N) is 1. The van der Waals surface area contributed by atoms with Gasteiger partial charge in [0.1, 0.15) is 5.69 Å². The van der Waals surface area contributed by atoms with Gasteiger partial charge in [0, 0.05) is 19.2 Å². The lowest BCUT2D eigenvalue weighted by molar-refractivity contribution is 0.0126. The largest absolute Gasteiger partial charge is 0.324 e. The van der Waals surface area contributed by atoms with Gasteiger partial charge in [-0.1, -0.05) is 0 Å². The standard InChI is InChI=1S/C9H12F2N2/c1-6(12)7-3-4-13-8(5-7)9(2,10)11/h3-6H,12H2,1-2H3. The Balaban J connectivity index is 3.06. The van der Waals surface area contributed by atoms with Crippen LogP contribution in [-0.2, 0) is 5.92 Å². The highest BCUT2D eigenvalue weighted by atomic mass is 19.3. The molecule has 0 aromatic carbocycles. The van der Waals surface area contributed by atoms with E-state index in [0.717, 1.165) is 6.92 Å². The molecule has 0 aliphatic heterocycles. The Bertz CT molecular complexity index is 292. The predicted molar refractivity (Wildman–Crippen MR) is 46.4 cm³/mol. The topological polar surface area (TPSA) is 38.9 Å². The van der Waals surface area contributed by atoms with Crippen LogP contribution in [0.1, 0.15) is 31.1 Å². The average Bonchev–Trinajstić information content (AvgIpc) is 2.03. The highest BCUT2D eigenvalue weighted by molar-refractivity contribution is 5.21. The van der Waals surface area contributed by atoms with Gasteiger partial charge in [-0.25, -0.2) is 0 Å². The molecule has 0 saturated heterocycles. The first-order chi connectivity index (χ1) is 5.91. The minimum absolute atomic E-state index is 0.234. The molecule has 0 aliphatic rings. The van der Waals surface area contributed by atoms with Crippen molar-refractivity contribution in [1.29, 1.82) is 0 Å². The minimum Gasteiger partial charge on any atom is -0.324 e. The first-order valence-corrected chi connectivity index (χ1v) is 4.01. The molecule has 1 unspecified atom stereocenters. The molecule has 2 N–H and O–H groups in total. The van der Waals surface area contributed by atoms with Crippen molar-refractivity contribution in [3.63, 3.8) is 0 Å². The summed E-state index contributed by atoms with van der Waals surface area (Å²) >= 11 is 0. The second-order valence-electron chi connectivity index (χ2n) is 3.15. The van der Waals surface area contributed by atoms with E-state index >= 15 is 0 Å². The monoisotopic (exact) mass is 186 g/mol. The van der Waals surface area contributed by atoms with Crippen LogP contribution in [0.15, 0.2) is 18.3 Å². The molecule has 0 saturated carbocycles. The van der Waals surface area contributed by atoms with Gasteiger partial charge in [0.15, 0.2) is 0 Å². The van der Waals surface area contributed by atoms with Crippen molar-refractivity contribution in [2.45, 2.75) is 25.8 Å². The second kappa shape index (κ2) is 3.38. The summed E-state index contributed by atoms with van der Waals surface area (Å²) in [6.45, 7) is 2.56. The Hall–Kier alpha value is -1.03. The third kappa shape index (κ3) is 2.45. The van der Waals surface area contributed by atoms with Gasteiger partial charge in [-0.3, -0.25) is 4.98 Å². The maximum Gasteiger partial charge on any atom is 0.286 e. The smallest absolute Gasteiger partial charge is 0.286 e. The summed E-state index contributed by atoms with van der Waals surface area (Å²) in [4.78, 5) is 3.59. The van der Waals surface area contributed by atoms with Crippen molar-refractivity contribution in [2.75, 3.05) is 0 Å². The van der Waals surface area contributed by atoms with Crippen LogP contribution in [0.2, 0.25) is 0 Å². The van der Waals surface area contributed by atoms with Crippen LogP contribution in [0, 0.1) is 0 Å². The van der Waals surface area contributed by atoms with E-state index in [9.17, 15) is 8.78 Å². The minimum atomic E-state index is -2.90. The van der Waals surface area contributed by atoms with Gasteiger partial charge in [-0.05, 0) is 24.6 Å². The first-order valence-electron chi connectivity index (χ1n) is 4.01. The fraction of sp³-hybridized carbons (Fsp3) is 0.444. The second-order valence-corrected chi connectivity index (χ2v) is 3.15. The van der Waals surface area contributed by atoms with Gasteiger partial charge in [0.05, 0.1) is 0 Å². The summed E-state index contributed by atoms with van der Waals surface area (Å²) in [5.41, 5.74) is 5.99. The van der Waals surface area contributed by atoms with Crippen molar-refractivity contribution in [2.24, 2.45) is 5.73 Å². The molecular weight excluding hydrogens is 174 g/mol. The molecular formula is C9H12F2N2. The molecule has 0 radical (unpaired) electrons. The Morgan fingerprint density at radius 2 is 2.15 bits per heavy atom. The normalized spacial score (nSPS) is 14.2. The zero-order valence-electron chi connectivity index (χ0n) is 7.59. The van der Waals surface area contributed by atoms with E-state index in [2.05, 4.69) is 4.98 Å². The van der Waals surface area contributed by atoms with Gasteiger partial charge in [0.25, 0.3) is 5.92 Å². The molecule has 0 fully saturated rings. The molecule has 4 heteroatoms. The molecule has 1 aromatic heterocycles. The maximum absolute atomic E-state index is 12.8. The summed E-state index contributed by atoms with van der Waals surface area (Å²) in [5, 5.41) is 0. The quantitative estimate of drug-likeness (QED) is 0.769. The fourth-order valence-electron chi connectivity index (χ4n) is 0.970. The van der Waals surface area contributed by atoms with E-state index < -0.39 is 5.92 Å². The van der Waals surface area contributed by atoms with Crippen molar-refractivity contribution in [3.05, 3.63) is 29.6 Å². The molecule has 0 spiro atoms. The molecule has 1 atom stereocenters. The number of hydrogen-bond donors (Lipinski definition) is 1. The summed E-state index contributed by atoms with van der Waals surface area (Å²) in [6, 6.07) is 2.73. The van der Waals surface area contributed by atoms with Gasteiger partial charge in [-0.15, -0.1) is 0 Å². The molecule has 0 amide bonds. The number of halogens is 2. The number of pyridine rings is 1. The Morgan fingerprint density at radius 3 is 2.62 bits per heavy atom. The third-order valence-corrected chi connectivity index (χ3v) is 1.76. The van der Waals surface area contributed by atoms with Crippen molar-refractivity contribution < 1.29 is 8.78 Å². The van der Waals surface area contributed by atoms with Crippen molar-refractivity contribution >= 4 is 0 Å². The zero-order chi connectivity index (χ0) is 10.1. The van der Waals surface area contributed by atoms with Crippen LogP contribution < -0.4 is 5.73 Å². The van der Waals surface area contributed by atoms with Crippen LogP contribution in [-0.4, -0.2) is 4.98 Å². The fourth-order valence-corrected chi connectivity index (χ4v) is 0.970. The average molecular weight is 186 g/mol. The molecule has 0 bridgehead atoms. The molecule has 0 aliphatic carbocycles. The van der Waals surface area contributed by atoms with Crippen LogP contribution in [0.5, 0.6) is 0 Å². The van der Waals surface area contributed by atoms with Crippen LogP contribution in [0.4, 0.5) is 8.78 Å². The Morgan fingerprint density at radius 1 is 1.54 bits per heavy atom.